The van der Waals surface area contributed by atoms with Gasteiger partial charge < -0.3 is 0 Å². The molecule has 10 heavy (non-hydrogen) atoms. The quantitative estimate of drug-likeness (QED) is 0.612. The first-order valence-corrected chi connectivity index (χ1v) is 5.83. The number of fused-ring (bicyclic) bond motifs is 1. The minimum atomic E-state index is 1.42. The molecule has 0 nitrogen and oxygen atoms in total. The van der Waals surface area contributed by atoms with Crippen LogP contribution in [0.3, 0.4) is 0 Å². The summed E-state index contributed by atoms with van der Waals surface area (Å²) in [6.45, 7) is 0. The Morgan fingerprint density at radius 1 is 1.40 bits per heavy atom. The molecule has 0 amide bonds. The Labute approximate surface area is 71.9 Å². The highest BCUT2D eigenvalue weighted by Crippen LogP contribution is 2.34. The highest BCUT2D eigenvalue weighted by molar-refractivity contribution is 8.00. The third-order valence-electron chi connectivity index (χ3n) is 1.32. The highest BCUT2D eigenvalue weighted by Gasteiger charge is 1.99. The predicted octanol–water partition coefficient (Wildman–Crippen LogP) is 3.68. The first-order chi connectivity index (χ1) is 4.90. The van der Waals surface area contributed by atoms with E-state index in [9.17, 15) is 0 Å². The van der Waals surface area contributed by atoms with Crippen molar-refractivity contribution in [2.24, 2.45) is 0 Å². The topological polar surface area (TPSA) is 0 Å². The third kappa shape index (κ3) is 0.983. The van der Waals surface area contributed by atoms with Gasteiger partial charge in [-0.15, -0.1) is 34.4 Å². The molecule has 0 aliphatic heterocycles. The Morgan fingerprint density at radius 3 is 3.00 bits per heavy atom. The van der Waals surface area contributed by atoms with E-state index in [1.54, 1.807) is 0 Å². The van der Waals surface area contributed by atoms with Crippen molar-refractivity contribution in [2.75, 3.05) is 6.26 Å². The largest absolute Gasteiger partial charge is 0.143 e. The average molecular weight is 186 g/mol. The first kappa shape index (κ1) is 6.70. The zero-order valence-corrected chi connectivity index (χ0v) is 7.91. The number of hydrogen-bond donors (Lipinski definition) is 0. The summed E-state index contributed by atoms with van der Waals surface area (Å²) in [5.41, 5.74) is 0. The Kier molecular flexibility index (Phi) is 1.72. The highest BCUT2D eigenvalue weighted by atomic mass is 32.2. The van der Waals surface area contributed by atoms with Crippen molar-refractivity contribution in [3.05, 3.63) is 17.5 Å². The molecule has 2 rings (SSSR count). The fraction of sp³-hybridized carbons (Fsp3) is 0.143. The maximum Gasteiger partial charge on any atom is 0.0616 e. The Hall–Kier alpha value is 0.01000. The van der Waals surface area contributed by atoms with Crippen molar-refractivity contribution < 1.29 is 0 Å². The maximum atomic E-state index is 2.26. The number of rotatable bonds is 1. The molecular weight excluding hydrogens is 180 g/mol. The summed E-state index contributed by atoms with van der Waals surface area (Å²) < 4.78 is 4.27. The van der Waals surface area contributed by atoms with Crippen LogP contribution in [0.4, 0.5) is 0 Å². The molecule has 0 aliphatic carbocycles. The Balaban J connectivity index is 2.67. The molecule has 0 spiro atoms. The van der Waals surface area contributed by atoms with Crippen LogP contribution in [0.5, 0.6) is 0 Å². The molecule has 52 valence electrons. The van der Waals surface area contributed by atoms with Gasteiger partial charge in [-0.3, -0.25) is 0 Å². The molecule has 0 saturated carbocycles. The summed E-state index contributed by atoms with van der Waals surface area (Å²) in [6.07, 6.45) is 2.12. The van der Waals surface area contributed by atoms with E-state index in [0.717, 1.165) is 0 Å². The SMILES string of the molecule is CSc1cc2sccc2s1. The summed E-state index contributed by atoms with van der Waals surface area (Å²) in [4.78, 5) is 0. The van der Waals surface area contributed by atoms with Crippen LogP contribution in [0.25, 0.3) is 9.40 Å². The maximum absolute atomic E-state index is 2.26. The zero-order chi connectivity index (χ0) is 6.97. The van der Waals surface area contributed by atoms with Crippen molar-refractivity contribution >= 4 is 43.8 Å². The zero-order valence-electron chi connectivity index (χ0n) is 5.46. The van der Waals surface area contributed by atoms with E-state index in [1.807, 2.05) is 34.4 Å². The van der Waals surface area contributed by atoms with Crippen LogP contribution >= 0.6 is 34.4 Å². The molecule has 0 radical (unpaired) electrons. The standard InChI is InChI=1S/C7H6S3/c1-8-7-4-6-5(10-7)2-3-9-6/h2-4H,1H3. The minimum Gasteiger partial charge on any atom is -0.143 e. The number of thioether (sulfide) groups is 1. The van der Waals surface area contributed by atoms with Gasteiger partial charge in [0.15, 0.2) is 0 Å². The van der Waals surface area contributed by atoms with Gasteiger partial charge in [0.25, 0.3) is 0 Å². The van der Waals surface area contributed by atoms with Gasteiger partial charge in [-0.2, -0.15) is 0 Å². The monoisotopic (exact) mass is 186 g/mol. The summed E-state index contributed by atoms with van der Waals surface area (Å²) in [7, 11) is 0. The lowest BCUT2D eigenvalue weighted by molar-refractivity contribution is 1.80. The van der Waals surface area contributed by atoms with Crippen LogP contribution in [0, 0.1) is 0 Å². The second-order valence-corrected chi connectivity index (χ2v) is 5.06. The molecule has 0 aromatic carbocycles. The van der Waals surface area contributed by atoms with Crippen molar-refractivity contribution in [1.82, 2.24) is 0 Å². The van der Waals surface area contributed by atoms with Gasteiger partial charge in [0.1, 0.15) is 0 Å². The molecule has 2 aromatic rings. The van der Waals surface area contributed by atoms with Gasteiger partial charge in [0, 0.05) is 9.40 Å². The Bertz CT molecular complexity index is 303. The van der Waals surface area contributed by atoms with Gasteiger partial charge in [-0.25, -0.2) is 0 Å². The van der Waals surface area contributed by atoms with Crippen LogP contribution in [0.2, 0.25) is 0 Å². The van der Waals surface area contributed by atoms with Crippen LogP contribution in [0.1, 0.15) is 0 Å². The van der Waals surface area contributed by atoms with E-state index in [4.69, 9.17) is 0 Å². The second-order valence-electron chi connectivity index (χ2n) is 1.92. The van der Waals surface area contributed by atoms with E-state index in [0.29, 0.717) is 0 Å². The van der Waals surface area contributed by atoms with Gasteiger partial charge in [0.05, 0.1) is 4.21 Å². The van der Waals surface area contributed by atoms with Gasteiger partial charge in [-0.05, 0) is 23.8 Å². The summed E-state index contributed by atoms with van der Waals surface area (Å²) >= 11 is 5.52. The second kappa shape index (κ2) is 2.57. The van der Waals surface area contributed by atoms with Crippen LogP contribution in [-0.4, -0.2) is 6.26 Å². The number of hydrogen-bond acceptors (Lipinski definition) is 3. The normalized spacial score (nSPS) is 10.9. The van der Waals surface area contributed by atoms with Crippen LogP contribution in [0.15, 0.2) is 21.7 Å². The molecule has 2 heterocycles. The van der Waals surface area contributed by atoms with E-state index in [-0.39, 0.29) is 0 Å². The molecule has 2 aromatic heterocycles. The molecule has 0 N–H and O–H groups in total. The number of thiophene rings is 2. The van der Waals surface area contributed by atoms with Gasteiger partial charge in [-0.1, -0.05) is 0 Å². The Morgan fingerprint density at radius 2 is 2.30 bits per heavy atom. The molecule has 0 atom stereocenters. The smallest absolute Gasteiger partial charge is 0.0616 e. The summed E-state index contributed by atoms with van der Waals surface area (Å²) in [6, 6.07) is 4.44. The van der Waals surface area contributed by atoms with Gasteiger partial charge >= 0.3 is 0 Å². The summed E-state index contributed by atoms with van der Waals surface area (Å²) in [5, 5.41) is 2.14. The lowest BCUT2D eigenvalue weighted by atomic mass is 10.5. The molecule has 0 unspecified atom stereocenters. The fourth-order valence-electron chi connectivity index (χ4n) is 0.844. The van der Waals surface area contributed by atoms with E-state index >= 15 is 0 Å². The lowest BCUT2D eigenvalue weighted by Crippen LogP contribution is -1.47. The van der Waals surface area contributed by atoms with Crippen molar-refractivity contribution in [3.8, 4) is 0 Å². The molecule has 0 bridgehead atoms. The van der Waals surface area contributed by atoms with Crippen molar-refractivity contribution in [2.45, 2.75) is 4.21 Å². The van der Waals surface area contributed by atoms with E-state index < -0.39 is 0 Å². The minimum absolute atomic E-state index is 1.42. The lowest BCUT2D eigenvalue weighted by Gasteiger charge is -1.80. The summed E-state index contributed by atoms with van der Waals surface area (Å²) in [5.74, 6) is 0. The molecule has 3 heteroatoms. The van der Waals surface area contributed by atoms with E-state index in [1.165, 1.54) is 13.6 Å². The molecule has 0 aliphatic rings. The molecule has 0 saturated heterocycles. The average Bonchev–Trinajstić information content (AvgIpc) is 2.42. The molecule has 0 fully saturated rings. The fourth-order valence-corrected chi connectivity index (χ4v) is 3.60. The predicted molar refractivity (Wildman–Crippen MR) is 51.5 cm³/mol. The van der Waals surface area contributed by atoms with Crippen molar-refractivity contribution in [3.63, 3.8) is 0 Å². The van der Waals surface area contributed by atoms with Crippen LogP contribution in [-0.2, 0) is 0 Å². The third-order valence-corrected chi connectivity index (χ3v) is 4.48. The van der Waals surface area contributed by atoms with Crippen molar-refractivity contribution in [1.29, 1.82) is 0 Å². The van der Waals surface area contributed by atoms with E-state index in [2.05, 4.69) is 23.8 Å². The van der Waals surface area contributed by atoms with Crippen LogP contribution < -0.4 is 0 Å². The first-order valence-electron chi connectivity index (χ1n) is 2.91. The van der Waals surface area contributed by atoms with Gasteiger partial charge in [0.2, 0.25) is 0 Å². The molecular formula is C7H6S3.